The van der Waals surface area contributed by atoms with Crippen molar-refractivity contribution in [1.29, 1.82) is 0 Å². The lowest BCUT2D eigenvalue weighted by molar-refractivity contribution is 0.415. The monoisotopic (exact) mass is 245 g/mol. The highest BCUT2D eigenvalue weighted by molar-refractivity contribution is 5.47. The van der Waals surface area contributed by atoms with E-state index in [4.69, 9.17) is 4.74 Å². The number of aryl methyl sites for hydroxylation is 1. The molecule has 2 rings (SSSR count). The molecule has 18 heavy (non-hydrogen) atoms. The molecule has 0 atom stereocenters. The van der Waals surface area contributed by atoms with Crippen molar-refractivity contribution in [2.75, 3.05) is 19.0 Å². The first-order chi connectivity index (χ1) is 8.88. The molecule has 0 unspecified atom stereocenters. The van der Waals surface area contributed by atoms with Gasteiger partial charge in [0, 0.05) is 37.1 Å². The number of anilines is 1. The van der Waals surface area contributed by atoms with Gasteiger partial charge in [0.1, 0.15) is 11.6 Å². The van der Waals surface area contributed by atoms with Crippen LogP contribution in [0.1, 0.15) is 18.7 Å². The summed E-state index contributed by atoms with van der Waals surface area (Å²) in [6, 6.07) is 7.99. The van der Waals surface area contributed by atoms with E-state index >= 15 is 0 Å². The molecule has 0 amide bonds. The molecule has 1 aromatic carbocycles. The van der Waals surface area contributed by atoms with Crippen molar-refractivity contribution in [3.05, 3.63) is 42.5 Å². The minimum Gasteiger partial charge on any atom is -0.497 e. The van der Waals surface area contributed by atoms with Gasteiger partial charge in [-0.05, 0) is 25.0 Å². The third kappa shape index (κ3) is 3.80. The second kappa shape index (κ2) is 6.69. The average molecular weight is 245 g/mol. The van der Waals surface area contributed by atoms with Crippen LogP contribution in [0, 0.1) is 0 Å². The molecule has 1 aromatic heterocycles. The van der Waals surface area contributed by atoms with Gasteiger partial charge in [0.05, 0.1) is 7.11 Å². The Morgan fingerprint density at radius 3 is 3.06 bits per heavy atom. The van der Waals surface area contributed by atoms with Crippen molar-refractivity contribution in [1.82, 2.24) is 9.97 Å². The Labute approximate surface area is 107 Å². The number of nitrogens with zero attached hydrogens (tertiary/aromatic N) is 1. The van der Waals surface area contributed by atoms with Crippen LogP contribution in [0.25, 0.3) is 0 Å². The largest absolute Gasteiger partial charge is 0.497 e. The Kier molecular flexibility index (Phi) is 4.64. The van der Waals surface area contributed by atoms with Crippen LogP contribution < -0.4 is 10.1 Å². The lowest BCUT2D eigenvalue weighted by atomic mass is 10.2. The van der Waals surface area contributed by atoms with Crippen LogP contribution in [0.15, 0.2) is 36.7 Å². The summed E-state index contributed by atoms with van der Waals surface area (Å²) in [4.78, 5) is 7.31. The first-order valence-corrected chi connectivity index (χ1v) is 6.24. The number of methoxy groups -OCH3 is 1. The SMILES string of the molecule is COc1cccc(NCCCCc2ncc[nH]2)c1. The fourth-order valence-electron chi connectivity index (χ4n) is 1.82. The van der Waals surface area contributed by atoms with E-state index in [0.29, 0.717) is 0 Å². The van der Waals surface area contributed by atoms with E-state index in [1.807, 2.05) is 24.4 Å². The standard InChI is InChI=1S/C14H19N3O/c1-18-13-6-4-5-12(11-13)15-8-3-2-7-14-16-9-10-17-14/h4-6,9-11,15H,2-3,7-8H2,1H3,(H,16,17). The zero-order chi connectivity index (χ0) is 12.6. The number of unbranched alkanes of at least 4 members (excludes halogenated alkanes) is 1. The van der Waals surface area contributed by atoms with Crippen LogP contribution in [-0.2, 0) is 6.42 Å². The summed E-state index contributed by atoms with van der Waals surface area (Å²) in [6.45, 7) is 0.966. The van der Waals surface area contributed by atoms with Gasteiger partial charge in [-0.1, -0.05) is 6.07 Å². The summed E-state index contributed by atoms with van der Waals surface area (Å²) in [5.74, 6) is 1.95. The number of aromatic nitrogens is 2. The van der Waals surface area contributed by atoms with Crippen molar-refractivity contribution in [2.24, 2.45) is 0 Å². The van der Waals surface area contributed by atoms with E-state index in [1.54, 1.807) is 13.3 Å². The van der Waals surface area contributed by atoms with E-state index in [-0.39, 0.29) is 0 Å². The van der Waals surface area contributed by atoms with Gasteiger partial charge in [-0.3, -0.25) is 0 Å². The lowest BCUT2D eigenvalue weighted by Crippen LogP contribution is -2.02. The number of ether oxygens (including phenoxy) is 1. The Bertz CT molecular complexity index is 454. The third-order valence-corrected chi connectivity index (χ3v) is 2.79. The van der Waals surface area contributed by atoms with Crippen LogP contribution >= 0.6 is 0 Å². The molecule has 0 aliphatic rings. The van der Waals surface area contributed by atoms with E-state index in [0.717, 1.165) is 43.1 Å². The molecule has 4 nitrogen and oxygen atoms in total. The number of rotatable bonds is 7. The van der Waals surface area contributed by atoms with Gasteiger partial charge in [0.15, 0.2) is 0 Å². The van der Waals surface area contributed by atoms with Gasteiger partial charge in [0.2, 0.25) is 0 Å². The molecule has 0 fully saturated rings. The Morgan fingerprint density at radius 1 is 1.33 bits per heavy atom. The molecular weight excluding hydrogens is 226 g/mol. The first-order valence-electron chi connectivity index (χ1n) is 6.24. The Balaban J connectivity index is 1.65. The quantitative estimate of drug-likeness (QED) is 0.737. The smallest absolute Gasteiger partial charge is 0.120 e. The van der Waals surface area contributed by atoms with Crippen LogP contribution in [-0.4, -0.2) is 23.6 Å². The molecule has 2 N–H and O–H groups in total. The van der Waals surface area contributed by atoms with Crippen molar-refractivity contribution >= 4 is 5.69 Å². The molecule has 2 aromatic rings. The second-order valence-electron chi connectivity index (χ2n) is 4.15. The number of hydrogen-bond donors (Lipinski definition) is 2. The van der Waals surface area contributed by atoms with Crippen LogP contribution in [0.5, 0.6) is 5.75 Å². The molecule has 0 spiro atoms. The predicted molar refractivity (Wildman–Crippen MR) is 73.0 cm³/mol. The maximum Gasteiger partial charge on any atom is 0.120 e. The van der Waals surface area contributed by atoms with Crippen molar-refractivity contribution in [3.63, 3.8) is 0 Å². The summed E-state index contributed by atoms with van der Waals surface area (Å²) in [6.07, 6.45) is 6.92. The molecular formula is C14H19N3O. The van der Waals surface area contributed by atoms with Gasteiger partial charge in [0.25, 0.3) is 0 Å². The fourth-order valence-corrected chi connectivity index (χ4v) is 1.82. The molecule has 0 radical (unpaired) electrons. The van der Waals surface area contributed by atoms with Gasteiger partial charge in [-0.15, -0.1) is 0 Å². The Hall–Kier alpha value is -1.97. The molecule has 96 valence electrons. The molecule has 0 bridgehead atoms. The lowest BCUT2D eigenvalue weighted by Gasteiger charge is -2.07. The van der Waals surface area contributed by atoms with Gasteiger partial charge in [-0.25, -0.2) is 4.98 Å². The summed E-state index contributed by atoms with van der Waals surface area (Å²) in [5, 5.41) is 3.39. The number of H-pyrrole nitrogens is 1. The summed E-state index contributed by atoms with van der Waals surface area (Å²) < 4.78 is 5.18. The highest BCUT2D eigenvalue weighted by atomic mass is 16.5. The molecule has 0 saturated heterocycles. The maximum absolute atomic E-state index is 5.18. The highest BCUT2D eigenvalue weighted by Crippen LogP contribution is 2.16. The van der Waals surface area contributed by atoms with E-state index in [9.17, 15) is 0 Å². The Morgan fingerprint density at radius 2 is 2.28 bits per heavy atom. The number of hydrogen-bond acceptors (Lipinski definition) is 3. The average Bonchev–Trinajstić information content (AvgIpc) is 2.92. The first kappa shape index (κ1) is 12.5. The van der Waals surface area contributed by atoms with Gasteiger partial charge in [-0.2, -0.15) is 0 Å². The molecule has 1 heterocycles. The molecule has 0 aliphatic heterocycles. The van der Waals surface area contributed by atoms with Crippen molar-refractivity contribution in [2.45, 2.75) is 19.3 Å². The van der Waals surface area contributed by atoms with Crippen molar-refractivity contribution in [3.8, 4) is 5.75 Å². The number of aromatic amines is 1. The van der Waals surface area contributed by atoms with Crippen LogP contribution in [0.4, 0.5) is 5.69 Å². The summed E-state index contributed by atoms with van der Waals surface area (Å²) in [7, 11) is 1.68. The second-order valence-corrected chi connectivity index (χ2v) is 4.15. The zero-order valence-electron chi connectivity index (χ0n) is 10.6. The summed E-state index contributed by atoms with van der Waals surface area (Å²) >= 11 is 0. The third-order valence-electron chi connectivity index (χ3n) is 2.79. The number of benzene rings is 1. The fraction of sp³-hybridized carbons (Fsp3) is 0.357. The molecule has 0 saturated carbocycles. The number of imidazole rings is 1. The highest BCUT2D eigenvalue weighted by Gasteiger charge is 1.96. The number of nitrogens with one attached hydrogen (secondary N) is 2. The zero-order valence-corrected chi connectivity index (χ0v) is 10.6. The van der Waals surface area contributed by atoms with Crippen LogP contribution in [0.2, 0.25) is 0 Å². The van der Waals surface area contributed by atoms with Gasteiger partial charge < -0.3 is 15.0 Å². The predicted octanol–water partition coefficient (Wildman–Crippen LogP) is 2.85. The molecule has 4 heteroatoms. The molecule has 0 aliphatic carbocycles. The minimum absolute atomic E-state index is 0.885. The topological polar surface area (TPSA) is 49.9 Å². The van der Waals surface area contributed by atoms with Crippen LogP contribution in [0.3, 0.4) is 0 Å². The van der Waals surface area contributed by atoms with Crippen molar-refractivity contribution < 1.29 is 4.74 Å². The van der Waals surface area contributed by atoms with E-state index in [1.165, 1.54) is 0 Å². The maximum atomic E-state index is 5.18. The summed E-state index contributed by atoms with van der Waals surface area (Å²) in [5.41, 5.74) is 1.10. The normalized spacial score (nSPS) is 10.3. The minimum atomic E-state index is 0.885. The van der Waals surface area contributed by atoms with E-state index in [2.05, 4.69) is 21.4 Å². The van der Waals surface area contributed by atoms with Gasteiger partial charge >= 0.3 is 0 Å². The van der Waals surface area contributed by atoms with E-state index < -0.39 is 0 Å².